The SMILES string of the molecule is Cc1ccc(S(=O)(=O)O)c(C)c1C1COc2ccc([N+](=O)[O-])cc2O1. The third-order valence-electron chi connectivity index (χ3n) is 4.08. The standard InChI is InChI=1S/C16H15NO7S/c1-9-3-6-15(25(20,21)22)10(2)16(9)14-8-23-12-5-4-11(17(18)19)7-13(12)24-14/h3-7,14H,8H2,1-2H3,(H,20,21,22). The first kappa shape index (κ1) is 17.2. The number of fused-ring (bicyclic) bond motifs is 1. The highest BCUT2D eigenvalue weighted by Crippen LogP contribution is 2.40. The first-order chi connectivity index (χ1) is 11.7. The van der Waals surface area contributed by atoms with Crippen molar-refractivity contribution in [1.29, 1.82) is 0 Å². The molecule has 0 spiro atoms. The van der Waals surface area contributed by atoms with Crippen molar-refractivity contribution in [3.05, 3.63) is 57.1 Å². The van der Waals surface area contributed by atoms with Crippen LogP contribution in [-0.4, -0.2) is 24.5 Å². The maximum atomic E-state index is 11.5. The smallest absolute Gasteiger partial charge is 0.294 e. The molecule has 3 rings (SSSR count). The molecule has 0 aromatic heterocycles. The molecule has 1 heterocycles. The molecule has 0 bridgehead atoms. The summed E-state index contributed by atoms with van der Waals surface area (Å²) in [7, 11) is -4.38. The third kappa shape index (κ3) is 3.15. The van der Waals surface area contributed by atoms with E-state index < -0.39 is 21.1 Å². The fraction of sp³-hybridized carbons (Fsp3) is 0.250. The fourth-order valence-electron chi connectivity index (χ4n) is 2.94. The Bertz CT molecular complexity index is 969. The molecule has 2 aromatic rings. The molecule has 1 aliphatic heterocycles. The summed E-state index contributed by atoms with van der Waals surface area (Å²) in [6, 6.07) is 6.93. The van der Waals surface area contributed by atoms with Gasteiger partial charge in [0.25, 0.3) is 15.8 Å². The monoisotopic (exact) mass is 365 g/mol. The average molecular weight is 365 g/mol. The van der Waals surface area contributed by atoms with Crippen LogP contribution in [0.3, 0.4) is 0 Å². The van der Waals surface area contributed by atoms with Gasteiger partial charge in [-0.3, -0.25) is 14.7 Å². The second kappa shape index (κ2) is 6.01. The van der Waals surface area contributed by atoms with Crippen LogP contribution in [-0.2, 0) is 10.1 Å². The highest BCUT2D eigenvalue weighted by molar-refractivity contribution is 7.85. The molecular weight excluding hydrogens is 350 g/mol. The van der Waals surface area contributed by atoms with E-state index in [0.29, 0.717) is 16.9 Å². The lowest BCUT2D eigenvalue weighted by Crippen LogP contribution is -2.24. The van der Waals surface area contributed by atoms with Crippen molar-refractivity contribution in [3.8, 4) is 11.5 Å². The van der Waals surface area contributed by atoms with Gasteiger partial charge in [-0.25, -0.2) is 0 Å². The Balaban J connectivity index is 2.05. The Labute approximate surface area is 143 Å². The van der Waals surface area contributed by atoms with Crippen molar-refractivity contribution >= 4 is 15.8 Å². The molecular formula is C16H15NO7S. The number of benzene rings is 2. The molecule has 0 radical (unpaired) electrons. The molecule has 0 saturated carbocycles. The van der Waals surface area contributed by atoms with E-state index in [9.17, 15) is 23.1 Å². The molecule has 0 amide bonds. The van der Waals surface area contributed by atoms with Crippen LogP contribution in [0, 0.1) is 24.0 Å². The van der Waals surface area contributed by atoms with Crippen LogP contribution in [0.5, 0.6) is 11.5 Å². The zero-order valence-corrected chi connectivity index (χ0v) is 14.2. The van der Waals surface area contributed by atoms with Gasteiger partial charge in [0, 0.05) is 11.6 Å². The predicted octanol–water partition coefficient (Wildman–Crippen LogP) is 2.97. The minimum Gasteiger partial charge on any atom is -0.485 e. The van der Waals surface area contributed by atoms with Crippen LogP contribution >= 0.6 is 0 Å². The number of hydrogen-bond donors (Lipinski definition) is 1. The molecule has 9 heteroatoms. The van der Waals surface area contributed by atoms with Gasteiger partial charge in [-0.15, -0.1) is 0 Å². The Morgan fingerprint density at radius 3 is 2.56 bits per heavy atom. The van der Waals surface area contributed by atoms with Crippen molar-refractivity contribution in [2.24, 2.45) is 0 Å². The van der Waals surface area contributed by atoms with Gasteiger partial charge in [0.05, 0.1) is 15.9 Å². The molecule has 1 N–H and O–H groups in total. The molecule has 25 heavy (non-hydrogen) atoms. The molecule has 1 atom stereocenters. The van der Waals surface area contributed by atoms with Gasteiger partial charge in [0.15, 0.2) is 17.6 Å². The van der Waals surface area contributed by atoms with E-state index in [1.807, 2.05) is 0 Å². The normalized spacial score (nSPS) is 16.5. The van der Waals surface area contributed by atoms with E-state index in [1.54, 1.807) is 19.9 Å². The van der Waals surface area contributed by atoms with Crippen LogP contribution in [0.25, 0.3) is 0 Å². The van der Waals surface area contributed by atoms with E-state index in [1.165, 1.54) is 24.3 Å². The van der Waals surface area contributed by atoms with Crippen LogP contribution in [0.15, 0.2) is 35.2 Å². The molecule has 1 unspecified atom stereocenters. The van der Waals surface area contributed by atoms with Gasteiger partial charge < -0.3 is 9.47 Å². The fourth-order valence-corrected chi connectivity index (χ4v) is 3.67. The second-order valence-electron chi connectivity index (χ2n) is 5.70. The number of hydrogen-bond acceptors (Lipinski definition) is 6. The van der Waals surface area contributed by atoms with Gasteiger partial charge in [-0.2, -0.15) is 8.42 Å². The summed E-state index contributed by atoms with van der Waals surface area (Å²) in [6.07, 6.45) is -0.656. The largest absolute Gasteiger partial charge is 0.485 e. The number of nitrogens with zero attached hydrogens (tertiary/aromatic N) is 1. The predicted molar refractivity (Wildman–Crippen MR) is 87.7 cm³/mol. The van der Waals surface area contributed by atoms with Crippen LogP contribution in [0.4, 0.5) is 5.69 Å². The van der Waals surface area contributed by atoms with Crippen molar-refractivity contribution in [2.45, 2.75) is 24.8 Å². The molecule has 132 valence electrons. The number of rotatable bonds is 3. The van der Waals surface area contributed by atoms with Crippen LogP contribution < -0.4 is 9.47 Å². The van der Waals surface area contributed by atoms with E-state index in [-0.39, 0.29) is 22.9 Å². The van der Waals surface area contributed by atoms with Gasteiger partial charge in [-0.05, 0) is 37.1 Å². The number of aryl methyl sites for hydroxylation is 1. The third-order valence-corrected chi connectivity index (χ3v) is 5.08. The minimum atomic E-state index is -4.38. The highest BCUT2D eigenvalue weighted by atomic mass is 32.2. The lowest BCUT2D eigenvalue weighted by atomic mass is 9.97. The summed E-state index contributed by atoms with van der Waals surface area (Å²) in [5.74, 6) is 0.588. The Morgan fingerprint density at radius 1 is 1.20 bits per heavy atom. The Morgan fingerprint density at radius 2 is 1.92 bits per heavy atom. The van der Waals surface area contributed by atoms with Gasteiger partial charge in [0.2, 0.25) is 0 Å². The number of nitro benzene ring substituents is 1. The van der Waals surface area contributed by atoms with Gasteiger partial charge >= 0.3 is 0 Å². The van der Waals surface area contributed by atoms with Gasteiger partial charge in [0.1, 0.15) is 6.61 Å². The molecule has 0 aliphatic carbocycles. The zero-order valence-electron chi connectivity index (χ0n) is 13.4. The van der Waals surface area contributed by atoms with E-state index in [4.69, 9.17) is 9.47 Å². The summed E-state index contributed by atoms with van der Waals surface area (Å²) >= 11 is 0. The number of non-ortho nitro benzene ring substituents is 1. The first-order valence-corrected chi connectivity index (χ1v) is 8.78. The molecule has 0 fully saturated rings. The second-order valence-corrected chi connectivity index (χ2v) is 7.09. The van der Waals surface area contributed by atoms with E-state index >= 15 is 0 Å². The van der Waals surface area contributed by atoms with E-state index in [0.717, 1.165) is 5.56 Å². The Hall–Kier alpha value is -2.65. The van der Waals surface area contributed by atoms with Crippen LogP contribution in [0.1, 0.15) is 22.8 Å². The summed E-state index contributed by atoms with van der Waals surface area (Å²) in [5.41, 5.74) is 1.53. The summed E-state index contributed by atoms with van der Waals surface area (Å²) in [6.45, 7) is 3.46. The van der Waals surface area contributed by atoms with Crippen LogP contribution in [0.2, 0.25) is 0 Å². The lowest BCUT2D eigenvalue weighted by Gasteiger charge is -2.29. The molecule has 8 nitrogen and oxygen atoms in total. The minimum absolute atomic E-state index is 0.113. The maximum Gasteiger partial charge on any atom is 0.294 e. The topological polar surface area (TPSA) is 116 Å². The summed E-state index contributed by atoms with van der Waals surface area (Å²) < 4.78 is 43.9. The lowest BCUT2D eigenvalue weighted by molar-refractivity contribution is -0.385. The van der Waals surface area contributed by atoms with Crippen molar-refractivity contribution in [3.63, 3.8) is 0 Å². The van der Waals surface area contributed by atoms with Gasteiger partial charge in [-0.1, -0.05) is 6.07 Å². The first-order valence-electron chi connectivity index (χ1n) is 7.34. The number of ether oxygens (including phenoxy) is 2. The molecule has 1 aliphatic rings. The summed E-state index contributed by atoms with van der Waals surface area (Å²) in [4.78, 5) is 10.2. The highest BCUT2D eigenvalue weighted by Gasteiger charge is 2.29. The van der Waals surface area contributed by atoms with Crippen molar-refractivity contribution < 1.29 is 27.4 Å². The van der Waals surface area contributed by atoms with Crippen molar-refractivity contribution in [1.82, 2.24) is 0 Å². The molecule has 0 saturated heterocycles. The maximum absolute atomic E-state index is 11.5. The quantitative estimate of drug-likeness (QED) is 0.505. The average Bonchev–Trinajstić information content (AvgIpc) is 2.52. The molecule has 2 aromatic carbocycles. The summed E-state index contributed by atoms with van der Waals surface area (Å²) in [5, 5.41) is 10.9. The Kier molecular flexibility index (Phi) is 4.13. The zero-order chi connectivity index (χ0) is 18.4. The van der Waals surface area contributed by atoms with E-state index in [2.05, 4.69) is 0 Å². The van der Waals surface area contributed by atoms with Crippen molar-refractivity contribution in [2.75, 3.05) is 6.61 Å². The number of nitro groups is 1.